The molecule has 0 aromatic heterocycles. The van der Waals surface area contributed by atoms with E-state index in [1.54, 1.807) is 0 Å². The van der Waals surface area contributed by atoms with Gasteiger partial charge in [-0.15, -0.1) is 0 Å². The number of carbonyl (C=O) groups is 1. The molecule has 1 heterocycles. The molecule has 0 aromatic carbocycles. The van der Waals surface area contributed by atoms with Gasteiger partial charge in [-0.05, 0) is 68.1 Å². The number of likely N-dealkylation sites (tertiary alicyclic amines) is 1. The van der Waals surface area contributed by atoms with Gasteiger partial charge in [0.1, 0.15) is 0 Å². The Balaban J connectivity index is 1.58. The van der Waals surface area contributed by atoms with Crippen LogP contribution in [-0.4, -0.2) is 29.9 Å². The van der Waals surface area contributed by atoms with Crippen LogP contribution in [0.25, 0.3) is 0 Å². The number of rotatable bonds is 3. The van der Waals surface area contributed by atoms with E-state index in [1.807, 2.05) is 0 Å². The molecule has 1 saturated heterocycles. The SMILES string of the molecule is NCC(C1C2CC3CC(C2)CC1C3)N1CCCC1=O. The average molecular weight is 262 g/mol. The van der Waals surface area contributed by atoms with E-state index in [-0.39, 0.29) is 0 Å². The van der Waals surface area contributed by atoms with Gasteiger partial charge < -0.3 is 10.6 Å². The molecule has 3 nitrogen and oxygen atoms in total. The summed E-state index contributed by atoms with van der Waals surface area (Å²) in [7, 11) is 0. The fourth-order valence-corrected chi connectivity index (χ4v) is 6.11. The number of hydrogen-bond acceptors (Lipinski definition) is 2. The zero-order valence-corrected chi connectivity index (χ0v) is 11.8. The van der Waals surface area contributed by atoms with Gasteiger partial charge >= 0.3 is 0 Å². The summed E-state index contributed by atoms with van der Waals surface area (Å²) < 4.78 is 0. The number of hydrogen-bond donors (Lipinski definition) is 1. The van der Waals surface area contributed by atoms with Gasteiger partial charge in [0.05, 0.1) is 0 Å². The fourth-order valence-electron chi connectivity index (χ4n) is 6.11. The Kier molecular flexibility index (Phi) is 2.87. The molecule has 2 N–H and O–H groups in total. The van der Waals surface area contributed by atoms with E-state index in [0.29, 0.717) is 18.5 Å². The van der Waals surface area contributed by atoms with Gasteiger partial charge in [0, 0.05) is 25.6 Å². The zero-order chi connectivity index (χ0) is 13.0. The average Bonchev–Trinajstić information content (AvgIpc) is 2.79. The number of carbonyl (C=O) groups excluding carboxylic acids is 1. The lowest BCUT2D eigenvalue weighted by Crippen LogP contribution is -2.56. The summed E-state index contributed by atoms with van der Waals surface area (Å²) in [4.78, 5) is 14.2. The Morgan fingerprint density at radius 2 is 1.74 bits per heavy atom. The van der Waals surface area contributed by atoms with Crippen molar-refractivity contribution < 1.29 is 4.79 Å². The summed E-state index contributed by atoms with van der Waals surface area (Å²) in [5.41, 5.74) is 6.10. The predicted octanol–water partition coefficient (Wildman–Crippen LogP) is 2.01. The molecule has 1 atom stereocenters. The Hall–Kier alpha value is -0.570. The van der Waals surface area contributed by atoms with Crippen LogP contribution in [0.15, 0.2) is 0 Å². The van der Waals surface area contributed by atoms with Gasteiger partial charge in [0.15, 0.2) is 0 Å². The predicted molar refractivity (Wildman–Crippen MR) is 74.3 cm³/mol. The largest absolute Gasteiger partial charge is 0.338 e. The maximum Gasteiger partial charge on any atom is 0.222 e. The van der Waals surface area contributed by atoms with Crippen LogP contribution in [0.5, 0.6) is 0 Å². The highest BCUT2D eigenvalue weighted by Gasteiger charge is 2.51. The number of amides is 1. The molecule has 0 aromatic rings. The molecule has 3 heteroatoms. The van der Waals surface area contributed by atoms with E-state index in [0.717, 1.165) is 49.0 Å². The first-order valence-electron chi connectivity index (χ1n) is 8.25. The first-order valence-corrected chi connectivity index (χ1v) is 8.25. The van der Waals surface area contributed by atoms with Gasteiger partial charge in [0.2, 0.25) is 5.91 Å². The lowest BCUT2D eigenvalue weighted by Gasteiger charge is -2.57. The van der Waals surface area contributed by atoms with E-state index in [2.05, 4.69) is 4.90 Å². The highest BCUT2D eigenvalue weighted by Crippen LogP contribution is 2.57. The highest BCUT2D eigenvalue weighted by atomic mass is 16.2. The van der Waals surface area contributed by atoms with Crippen molar-refractivity contribution >= 4 is 5.91 Å². The Labute approximate surface area is 115 Å². The second-order valence-corrected chi connectivity index (χ2v) is 7.50. The topological polar surface area (TPSA) is 46.3 Å². The monoisotopic (exact) mass is 262 g/mol. The molecule has 19 heavy (non-hydrogen) atoms. The first-order chi connectivity index (χ1) is 9.26. The molecule has 4 aliphatic carbocycles. The van der Waals surface area contributed by atoms with E-state index < -0.39 is 0 Å². The molecule has 0 radical (unpaired) electrons. The molecular formula is C16H26N2O. The Morgan fingerprint density at radius 1 is 1.11 bits per heavy atom. The van der Waals surface area contributed by atoms with Crippen LogP contribution in [-0.2, 0) is 4.79 Å². The van der Waals surface area contributed by atoms with Crippen LogP contribution >= 0.6 is 0 Å². The smallest absolute Gasteiger partial charge is 0.222 e. The maximum atomic E-state index is 12.1. The highest BCUT2D eigenvalue weighted by molar-refractivity contribution is 5.78. The van der Waals surface area contributed by atoms with Crippen LogP contribution < -0.4 is 5.73 Å². The first kappa shape index (κ1) is 12.2. The van der Waals surface area contributed by atoms with Crippen molar-refractivity contribution in [2.24, 2.45) is 35.3 Å². The third-order valence-corrected chi connectivity index (χ3v) is 6.50. The van der Waals surface area contributed by atoms with Crippen molar-refractivity contribution in [2.45, 2.75) is 51.0 Å². The summed E-state index contributed by atoms with van der Waals surface area (Å²) in [6.07, 6.45) is 9.00. The standard InChI is InChI=1S/C16H26N2O/c17-9-14(18-3-1-2-15(18)19)16-12-5-10-4-11(7-12)8-13(16)6-10/h10-14,16H,1-9,17H2. The van der Waals surface area contributed by atoms with Gasteiger partial charge in [0.25, 0.3) is 0 Å². The summed E-state index contributed by atoms with van der Waals surface area (Å²) in [5, 5.41) is 0. The van der Waals surface area contributed by atoms with E-state index in [9.17, 15) is 4.79 Å². The Bertz CT molecular complexity index is 353. The summed E-state index contributed by atoms with van der Waals surface area (Å²) >= 11 is 0. The third-order valence-electron chi connectivity index (χ3n) is 6.50. The van der Waals surface area contributed by atoms with Gasteiger partial charge in [-0.3, -0.25) is 4.79 Å². The summed E-state index contributed by atoms with van der Waals surface area (Å²) in [5.74, 6) is 4.85. The molecule has 5 rings (SSSR count). The number of nitrogens with two attached hydrogens (primary N) is 1. The van der Waals surface area contributed by atoms with E-state index in [1.165, 1.54) is 32.1 Å². The molecule has 5 aliphatic rings. The molecule has 5 fully saturated rings. The maximum absolute atomic E-state index is 12.1. The normalized spacial score (nSPS) is 46.1. The summed E-state index contributed by atoms with van der Waals surface area (Å²) in [6, 6.07) is 0.352. The molecule has 4 bridgehead atoms. The van der Waals surface area contributed by atoms with Crippen LogP contribution in [0, 0.1) is 29.6 Å². The molecule has 1 amide bonds. The quantitative estimate of drug-likeness (QED) is 0.845. The minimum Gasteiger partial charge on any atom is -0.338 e. The molecule has 4 saturated carbocycles. The van der Waals surface area contributed by atoms with Crippen molar-refractivity contribution in [3.8, 4) is 0 Å². The van der Waals surface area contributed by atoms with Crippen LogP contribution in [0.4, 0.5) is 0 Å². The molecule has 106 valence electrons. The van der Waals surface area contributed by atoms with E-state index in [4.69, 9.17) is 5.73 Å². The minimum absolute atomic E-state index is 0.352. The van der Waals surface area contributed by atoms with Gasteiger partial charge in [-0.2, -0.15) is 0 Å². The van der Waals surface area contributed by atoms with Crippen molar-refractivity contribution in [1.29, 1.82) is 0 Å². The third kappa shape index (κ3) is 1.84. The fraction of sp³-hybridized carbons (Fsp3) is 0.938. The number of nitrogens with zero attached hydrogens (tertiary/aromatic N) is 1. The van der Waals surface area contributed by atoms with Crippen molar-refractivity contribution in [3.63, 3.8) is 0 Å². The molecule has 1 unspecified atom stereocenters. The zero-order valence-electron chi connectivity index (χ0n) is 11.8. The lowest BCUT2D eigenvalue weighted by atomic mass is 9.50. The second-order valence-electron chi connectivity index (χ2n) is 7.50. The van der Waals surface area contributed by atoms with E-state index >= 15 is 0 Å². The summed E-state index contributed by atoms with van der Waals surface area (Å²) in [6.45, 7) is 1.64. The van der Waals surface area contributed by atoms with Crippen LogP contribution in [0.3, 0.4) is 0 Å². The molecular weight excluding hydrogens is 236 g/mol. The molecule has 0 spiro atoms. The van der Waals surface area contributed by atoms with Crippen LogP contribution in [0.2, 0.25) is 0 Å². The second kappa shape index (κ2) is 4.47. The van der Waals surface area contributed by atoms with Crippen LogP contribution in [0.1, 0.15) is 44.9 Å². The lowest BCUT2D eigenvalue weighted by molar-refractivity contribution is -0.135. The van der Waals surface area contributed by atoms with Gasteiger partial charge in [-0.1, -0.05) is 0 Å². The minimum atomic E-state index is 0.352. The van der Waals surface area contributed by atoms with Crippen molar-refractivity contribution in [1.82, 2.24) is 4.90 Å². The molecule has 1 aliphatic heterocycles. The van der Waals surface area contributed by atoms with Crippen molar-refractivity contribution in [2.75, 3.05) is 13.1 Å². The van der Waals surface area contributed by atoms with Crippen molar-refractivity contribution in [3.05, 3.63) is 0 Å². The van der Waals surface area contributed by atoms with Gasteiger partial charge in [-0.25, -0.2) is 0 Å². The Morgan fingerprint density at radius 3 is 2.21 bits per heavy atom.